The lowest BCUT2D eigenvalue weighted by molar-refractivity contribution is 0.519. The van der Waals surface area contributed by atoms with E-state index in [9.17, 15) is 0 Å². The minimum absolute atomic E-state index is 0.0751. The van der Waals surface area contributed by atoms with Gasteiger partial charge in [0.25, 0.3) is 0 Å². The summed E-state index contributed by atoms with van der Waals surface area (Å²) in [4.78, 5) is 9.46. The molecule has 0 N–H and O–H groups in total. The lowest BCUT2D eigenvalue weighted by Crippen LogP contribution is -2.32. The number of rotatable bonds is 5. The molecule has 1 heterocycles. The number of aromatic nitrogens is 2. The molecule has 0 aliphatic heterocycles. The molecule has 3 aliphatic carbocycles. The molecule has 0 amide bonds. The Balaban J connectivity index is 1.08. The molecule has 2 unspecified atom stereocenters. The minimum Gasteiger partial charge on any atom is -0.237 e. The van der Waals surface area contributed by atoms with Crippen LogP contribution < -0.4 is 0 Å². The molecule has 2 nitrogen and oxygen atoms in total. The smallest absolute Gasteiger partial charge is 0.116 e. The number of allylic oxidation sites excluding steroid dienone is 8. The molecule has 6 aromatic rings. The van der Waals surface area contributed by atoms with Gasteiger partial charge in [0.15, 0.2) is 0 Å². The molecule has 3 aliphatic rings. The summed E-state index contributed by atoms with van der Waals surface area (Å²) in [6, 6.07) is 46.3. The second-order valence-electron chi connectivity index (χ2n) is 13.5. The molecular weight excluding hydrogens is 593 g/mol. The molecule has 0 spiro atoms. The van der Waals surface area contributed by atoms with E-state index in [1.54, 1.807) is 6.33 Å². The average Bonchev–Trinajstić information content (AvgIpc) is 3.18. The van der Waals surface area contributed by atoms with E-state index >= 15 is 0 Å². The van der Waals surface area contributed by atoms with Gasteiger partial charge in [-0.1, -0.05) is 146 Å². The topological polar surface area (TPSA) is 25.8 Å². The Morgan fingerprint density at radius 3 is 2.16 bits per heavy atom. The van der Waals surface area contributed by atoms with Crippen LogP contribution in [0.25, 0.3) is 55.8 Å². The summed E-state index contributed by atoms with van der Waals surface area (Å²) in [5.74, 6) is 0.281. The Bertz CT molecular complexity index is 2360. The van der Waals surface area contributed by atoms with Crippen molar-refractivity contribution in [2.45, 2.75) is 31.1 Å². The molecular formula is C47H36N2. The van der Waals surface area contributed by atoms with Crippen LogP contribution >= 0.6 is 0 Å². The lowest BCUT2D eigenvalue weighted by atomic mass is 9.60. The minimum atomic E-state index is -0.0751. The molecule has 2 atom stereocenters. The van der Waals surface area contributed by atoms with Crippen molar-refractivity contribution in [2.24, 2.45) is 0 Å². The number of hydrogen-bond acceptors (Lipinski definition) is 2. The monoisotopic (exact) mass is 628 g/mol. The second-order valence-corrected chi connectivity index (χ2v) is 13.5. The summed E-state index contributed by atoms with van der Waals surface area (Å²) in [6.07, 6.45) is 17.5. The standard InChI is InChI=1S/C47H36N2/c1-47-26-10-9-23-44(47)42-29-35(24-25-40(42)41-21-7-8-22-43(41)47)39-20-6-5-19-38(39)34-16-12-18-37(28-34)46-30-45(48-31-49-46)36-17-11-15-33(27-36)32-13-3-2-4-14-32/h2-10,12-16,18-31,44H,11,17H2,1H3. The fourth-order valence-electron chi connectivity index (χ4n) is 8.10. The van der Waals surface area contributed by atoms with Crippen molar-refractivity contribution in [1.29, 1.82) is 0 Å². The van der Waals surface area contributed by atoms with Crippen molar-refractivity contribution >= 4 is 11.1 Å². The average molecular weight is 629 g/mol. The van der Waals surface area contributed by atoms with Gasteiger partial charge in [-0.25, -0.2) is 9.97 Å². The molecule has 234 valence electrons. The van der Waals surface area contributed by atoms with Crippen LogP contribution in [0.1, 0.15) is 48.1 Å². The molecule has 5 aromatic carbocycles. The zero-order valence-corrected chi connectivity index (χ0v) is 27.6. The van der Waals surface area contributed by atoms with Crippen molar-refractivity contribution < 1.29 is 0 Å². The normalized spacial score (nSPS) is 18.9. The first-order chi connectivity index (χ1) is 24.2. The van der Waals surface area contributed by atoms with Crippen LogP contribution in [0, 0.1) is 0 Å². The van der Waals surface area contributed by atoms with Crippen molar-refractivity contribution in [3.63, 3.8) is 0 Å². The van der Waals surface area contributed by atoms with E-state index in [-0.39, 0.29) is 11.3 Å². The van der Waals surface area contributed by atoms with Gasteiger partial charge in [0.2, 0.25) is 0 Å². The number of benzene rings is 5. The van der Waals surface area contributed by atoms with Gasteiger partial charge in [-0.3, -0.25) is 0 Å². The highest BCUT2D eigenvalue weighted by Crippen LogP contribution is 2.54. The number of nitrogens with zero attached hydrogens (tertiary/aromatic N) is 2. The van der Waals surface area contributed by atoms with Crippen LogP contribution in [0.5, 0.6) is 0 Å². The van der Waals surface area contributed by atoms with Gasteiger partial charge >= 0.3 is 0 Å². The molecule has 0 radical (unpaired) electrons. The van der Waals surface area contributed by atoms with Gasteiger partial charge in [-0.15, -0.1) is 0 Å². The third kappa shape index (κ3) is 5.12. The Kier molecular flexibility index (Phi) is 7.16. The summed E-state index contributed by atoms with van der Waals surface area (Å²) in [5, 5.41) is 0. The van der Waals surface area contributed by atoms with E-state index in [0.717, 1.165) is 29.8 Å². The predicted octanol–water partition coefficient (Wildman–Crippen LogP) is 11.9. The molecule has 0 saturated heterocycles. The van der Waals surface area contributed by atoms with Crippen LogP contribution in [0.3, 0.4) is 0 Å². The lowest BCUT2D eigenvalue weighted by Gasteiger charge is -2.42. The molecule has 49 heavy (non-hydrogen) atoms. The van der Waals surface area contributed by atoms with Crippen LogP contribution in [0.4, 0.5) is 0 Å². The fourth-order valence-corrected chi connectivity index (χ4v) is 8.10. The van der Waals surface area contributed by atoms with E-state index < -0.39 is 0 Å². The van der Waals surface area contributed by atoms with E-state index in [0.29, 0.717) is 0 Å². The fraction of sp³-hybridized carbons (Fsp3) is 0.106. The largest absolute Gasteiger partial charge is 0.237 e. The summed E-state index contributed by atoms with van der Waals surface area (Å²) < 4.78 is 0. The number of fused-ring (bicyclic) bond motifs is 6. The highest BCUT2D eigenvalue weighted by molar-refractivity contribution is 5.89. The third-order valence-electron chi connectivity index (χ3n) is 10.6. The zero-order valence-electron chi connectivity index (χ0n) is 27.6. The van der Waals surface area contributed by atoms with Gasteiger partial charge in [0, 0.05) is 16.9 Å². The Hall–Kier alpha value is -5.86. The van der Waals surface area contributed by atoms with Gasteiger partial charge in [-0.05, 0) is 98.3 Å². The molecule has 1 aromatic heterocycles. The van der Waals surface area contributed by atoms with Crippen molar-refractivity contribution in [3.8, 4) is 44.6 Å². The maximum absolute atomic E-state index is 4.74. The SMILES string of the molecule is CC12C=CC=CC1c1cc(-c3ccccc3-c3cccc(-c4cc(C5=CC(c6ccccc6)=CCC5)ncn4)c3)ccc1-c1ccccc12. The highest BCUT2D eigenvalue weighted by Gasteiger charge is 2.41. The summed E-state index contributed by atoms with van der Waals surface area (Å²) in [5.41, 5.74) is 17.0. The van der Waals surface area contributed by atoms with Gasteiger partial charge < -0.3 is 0 Å². The van der Waals surface area contributed by atoms with Crippen molar-refractivity contribution in [3.05, 3.63) is 193 Å². The molecule has 0 bridgehead atoms. The molecule has 0 saturated carbocycles. The van der Waals surface area contributed by atoms with Crippen LogP contribution in [-0.2, 0) is 5.41 Å². The quantitative estimate of drug-likeness (QED) is 0.190. The third-order valence-corrected chi connectivity index (χ3v) is 10.6. The summed E-state index contributed by atoms with van der Waals surface area (Å²) in [6.45, 7) is 2.38. The molecule has 0 fully saturated rings. The van der Waals surface area contributed by atoms with E-state index in [2.05, 4.69) is 171 Å². The van der Waals surface area contributed by atoms with Crippen LogP contribution in [0.2, 0.25) is 0 Å². The predicted molar refractivity (Wildman–Crippen MR) is 204 cm³/mol. The van der Waals surface area contributed by atoms with Crippen LogP contribution in [-0.4, -0.2) is 9.97 Å². The zero-order chi connectivity index (χ0) is 32.8. The first-order valence-corrected chi connectivity index (χ1v) is 17.2. The van der Waals surface area contributed by atoms with Gasteiger partial charge in [0.05, 0.1) is 11.4 Å². The van der Waals surface area contributed by atoms with Gasteiger partial charge in [0.1, 0.15) is 6.33 Å². The first-order valence-electron chi connectivity index (χ1n) is 17.2. The number of hydrogen-bond donors (Lipinski definition) is 0. The van der Waals surface area contributed by atoms with Crippen molar-refractivity contribution in [1.82, 2.24) is 9.97 Å². The Morgan fingerprint density at radius 2 is 1.31 bits per heavy atom. The second kappa shape index (κ2) is 12.0. The highest BCUT2D eigenvalue weighted by atomic mass is 14.8. The van der Waals surface area contributed by atoms with E-state index in [4.69, 9.17) is 9.97 Å². The van der Waals surface area contributed by atoms with Crippen LogP contribution in [0.15, 0.2) is 170 Å². The van der Waals surface area contributed by atoms with Gasteiger partial charge in [-0.2, -0.15) is 0 Å². The maximum atomic E-state index is 4.74. The van der Waals surface area contributed by atoms with E-state index in [1.165, 1.54) is 61.2 Å². The first kappa shape index (κ1) is 29.3. The van der Waals surface area contributed by atoms with E-state index in [1.807, 2.05) is 0 Å². The Morgan fingerprint density at radius 1 is 0.592 bits per heavy atom. The molecule has 9 rings (SSSR count). The Labute approximate surface area is 288 Å². The summed E-state index contributed by atoms with van der Waals surface area (Å²) >= 11 is 0. The van der Waals surface area contributed by atoms with Crippen molar-refractivity contribution in [2.75, 3.05) is 0 Å². The summed E-state index contributed by atoms with van der Waals surface area (Å²) in [7, 11) is 0. The molecule has 2 heteroatoms. The maximum Gasteiger partial charge on any atom is 0.116 e.